The van der Waals surface area contributed by atoms with Crippen LogP contribution in [0.3, 0.4) is 0 Å². The molecule has 0 radical (unpaired) electrons. The van der Waals surface area contributed by atoms with Crippen LogP contribution in [0.15, 0.2) is 24.8 Å². The highest BCUT2D eigenvalue weighted by molar-refractivity contribution is 5.33. The molecule has 3 heteroatoms. The minimum absolute atomic E-state index is 0.0344. The second-order valence-electron chi connectivity index (χ2n) is 10.4. The van der Waals surface area contributed by atoms with E-state index in [1.807, 2.05) is 0 Å². The molecule has 3 saturated carbocycles. The quantitative estimate of drug-likeness (QED) is 0.411. The lowest BCUT2D eigenvalue weighted by Gasteiger charge is -2.41. The summed E-state index contributed by atoms with van der Waals surface area (Å²) in [5.41, 5.74) is 0.554. The first-order valence-electron chi connectivity index (χ1n) is 12.8. The fraction of sp³-hybridized carbons (Fsp3) is 0.714. The van der Waals surface area contributed by atoms with Crippen LogP contribution >= 0.6 is 0 Å². The zero-order valence-corrected chi connectivity index (χ0v) is 19.3. The van der Waals surface area contributed by atoms with E-state index in [0.717, 1.165) is 42.4 Å². The molecule has 31 heavy (non-hydrogen) atoms. The van der Waals surface area contributed by atoms with E-state index >= 15 is 0 Å². The molecule has 172 valence electrons. The van der Waals surface area contributed by atoms with Crippen LogP contribution in [0.2, 0.25) is 0 Å². The molecule has 0 saturated heterocycles. The zero-order valence-electron chi connectivity index (χ0n) is 19.3. The Morgan fingerprint density at radius 1 is 0.774 bits per heavy atom. The van der Waals surface area contributed by atoms with Gasteiger partial charge in [0.25, 0.3) is 0 Å². The molecule has 0 amide bonds. The summed E-state index contributed by atoms with van der Waals surface area (Å²) in [6.07, 6.45) is 17.6. The predicted molar refractivity (Wildman–Crippen MR) is 123 cm³/mol. The van der Waals surface area contributed by atoms with Crippen molar-refractivity contribution in [3.8, 4) is 5.75 Å². The number of halogens is 2. The van der Waals surface area contributed by atoms with Gasteiger partial charge in [-0.3, -0.25) is 0 Å². The van der Waals surface area contributed by atoms with E-state index in [1.165, 1.54) is 64.2 Å². The summed E-state index contributed by atoms with van der Waals surface area (Å²) in [5.74, 6) is 2.96. The highest BCUT2D eigenvalue weighted by atomic mass is 19.2. The molecule has 3 aliphatic carbocycles. The minimum Gasteiger partial charge on any atom is -0.491 e. The van der Waals surface area contributed by atoms with Crippen LogP contribution in [-0.4, -0.2) is 6.61 Å². The van der Waals surface area contributed by atoms with Gasteiger partial charge >= 0.3 is 0 Å². The van der Waals surface area contributed by atoms with Crippen molar-refractivity contribution in [3.63, 3.8) is 0 Å². The van der Waals surface area contributed by atoms with Gasteiger partial charge in [0.2, 0.25) is 5.82 Å². The highest BCUT2D eigenvalue weighted by Crippen LogP contribution is 2.47. The monoisotopic (exact) mass is 430 g/mol. The van der Waals surface area contributed by atoms with Crippen LogP contribution in [0.25, 0.3) is 0 Å². The summed E-state index contributed by atoms with van der Waals surface area (Å²) < 4.78 is 34.1. The standard InChI is InChI=1S/C28H40F2O/c1-3-19-5-7-20(8-6-19)21-9-11-22(12-10-21)23-13-15-24(16-14-23)25-17-18-26(31-4-2)28(30)27(25)29/h3,17-24H,1,4-16H2,2H3. The maximum absolute atomic E-state index is 14.6. The van der Waals surface area contributed by atoms with Gasteiger partial charge < -0.3 is 4.74 Å². The van der Waals surface area contributed by atoms with Crippen molar-refractivity contribution in [1.29, 1.82) is 0 Å². The van der Waals surface area contributed by atoms with Gasteiger partial charge in [-0.15, -0.1) is 6.58 Å². The third kappa shape index (κ3) is 5.17. The molecule has 0 unspecified atom stereocenters. The van der Waals surface area contributed by atoms with Crippen molar-refractivity contribution < 1.29 is 13.5 Å². The van der Waals surface area contributed by atoms with Crippen molar-refractivity contribution in [1.82, 2.24) is 0 Å². The number of ether oxygens (including phenoxy) is 1. The Kier molecular flexibility index (Phi) is 7.72. The fourth-order valence-electron chi connectivity index (χ4n) is 6.97. The van der Waals surface area contributed by atoms with Gasteiger partial charge in [-0.05, 0) is 131 Å². The van der Waals surface area contributed by atoms with Gasteiger partial charge in [-0.1, -0.05) is 12.1 Å². The molecule has 0 atom stereocenters. The fourth-order valence-corrected chi connectivity index (χ4v) is 6.97. The molecule has 0 heterocycles. The number of rotatable bonds is 6. The second-order valence-corrected chi connectivity index (χ2v) is 10.4. The predicted octanol–water partition coefficient (Wildman–Crippen LogP) is 8.44. The van der Waals surface area contributed by atoms with E-state index in [9.17, 15) is 8.78 Å². The summed E-state index contributed by atoms with van der Waals surface area (Å²) in [6, 6.07) is 3.35. The van der Waals surface area contributed by atoms with E-state index < -0.39 is 11.6 Å². The normalized spacial score (nSPS) is 34.3. The average Bonchev–Trinajstić information content (AvgIpc) is 2.83. The van der Waals surface area contributed by atoms with Crippen molar-refractivity contribution in [2.75, 3.05) is 6.61 Å². The lowest BCUT2D eigenvalue weighted by atomic mass is 9.64. The summed E-state index contributed by atoms with van der Waals surface area (Å²) in [7, 11) is 0. The molecule has 4 rings (SSSR count). The smallest absolute Gasteiger partial charge is 0.200 e. The maximum Gasteiger partial charge on any atom is 0.200 e. The SMILES string of the molecule is C=CC1CCC(C2CCC(C3CCC(c4ccc(OCC)c(F)c4F)CC3)CC2)CC1. The number of hydrogen-bond donors (Lipinski definition) is 0. The Hall–Kier alpha value is -1.38. The van der Waals surface area contributed by atoms with Gasteiger partial charge in [0.15, 0.2) is 11.6 Å². The van der Waals surface area contributed by atoms with E-state index in [4.69, 9.17) is 4.74 Å². The van der Waals surface area contributed by atoms with Gasteiger partial charge in [-0.2, -0.15) is 4.39 Å². The van der Waals surface area contributed by atoms with Crippen LogP contribution in [-0.2, 0) is 0 Å². The Bertz CT molecular complexity index is 721. The molecular weight excluding hydrogens is 390 g/mol. The third-order valence-electron chi connectivity index (χ3n) is 8.89. The molecule has 3 fully saturated rings. The van der Waals surface area contributed by atoms with Gasteiger partial charge in [-0.25, -0.2) is 4.39 Å². The van der Waals surface area contributed by atoms with Crippen molar-refractivity contribution in [3.05, 3.63) is 42.0 Å². The third-order valence-corrected chi connectivity index (χ3v) is 8.89. The van der Waals surface area contributed by atoms with Gasteiger partial charge in [0.05, 0.1) is 6.61 Å². The summed E-state index contributed by atoms with van der Waals surface area (Å²) in [6.45, 7) is 6.12. The van der Waals surface area contributed by atoms with Gasteiger partial charge in [0, 0.05) is 0 Å². The Morgan fingerprint density at radius 2 is 1.26 bits per heavy atom. The van der Waals surface area contributed by atoms with Gasteiger partial charge in [0.1, 0.15) is 0 Å². The van der Waals surface area contributed by atoms with E-state index in [-0.39, 0.29) is 11.7 Å². The van der Waals surface area contributed by atoms with E-state index in [2.05, 4.69) is 12.7 Å². The van der Waals surface area contributed by atoms with Crippen LogP contribution in [0.1, 0.15) is 95.5 Å². The van der Waals surface area contributed by atoms with Crippen LogP contribution in [0, 0.1) is 41.2 Å². The molecular formula is C28H40F2O. The first-order chi connectivity index (χ1) is 15.1. The first kappa shape index (κ1) is 22.8. The highest BCUT2D eigenvalue weighted by Gasteiger charge is 2.35. The van der Waals surface area contributed by atoms with E-state index in [0.29, 0.717) is 12.2 Å². The summed E-state index contributed by atoms with van der Waals surface area (Å²) in [5, 5.41) is 0. The molecule has 3 aliphatic rings. The summed E-state index contributed by atoms with van der Waals surface area (Å²) in [4.78, 5) is 0. The lowest BCUT2D eigenvalue weighted by Crippen LogP contribution is -2.29. The van der Waals surface area contributed by atoms with Crippen molar-refractivity contribution in [2.24, 2.45) is 29.6 Å². The molecule has 0 aliphatic heterocycles. The molecule has 0 spiro atoms. The summed E-state index contributed by atoms with van der Waals surface area (Å²) >= 11 is 0. The Balaban J connectivity index is 1.26. The number of hydrogen-bond acceptors (Lipinski definition) is 1. The zero-order chi connectivity index (χ0) is 21.8. The van der Waals surface area contributed by atoms with Crippen molar-refractivity contribution in [2.45, 2.75) is 89.9 Å². The molecule has 0 bridgehead atoms. The molecule has 1 aromatic rings. The topological polar surface area (TPSA) is 9.23 Å². The average molecular weight is 431 g/mol. The molecule has 1 aromatic carbocycles. The lowest BCUT2D eigenvalue weighted by molar-refractivity contribution is 0.114. The Morgan fingerprint density at radius 3 is 1.74 bits per heavy atom. The number of allylic oxidation sites excluding steroid dienone is 1. The minimum atomic E-state index is -0.818. The maximum atomic E-state index is 14.6. The van der Waals surface area contributed by atoms with E-state index in [1.54, 1.807) is 19.1 Å². The second kappa shape index (κ2) is 10.5. The van der Waals surface area contributed by atoms with Crippen LogP contribution in [0.4, 0.5) is 8.78 Å². The molecule has 0 aromatic heterocycles. The van der Waals surface area contributed by atoms with Crippen molar-refractivity contribution >= 4 is 0 Å². The largest absolute Gasteiger partial charge is 0.491 e. The molecule has 0 N–H and O–H groups in total. The van der Waals surface area contributed by atoms with Crippen LogP contribution in [0.5, 0.6) is 5.75 Å². The Labute approximate surface area is 187 Å². The first-order valence-corrected chi connectivity index (χ1v) is 12.8. The van der Waals surface area contributed by atoms with Crippen LogP contribution < -0.4 is 4.74 Å². The number of benzene rings is 1. The molecule has 1 nitrogen and oxygen atoms in total.